The summed E-state index contributed by atoms with van der Waals surface area (Å²) in [5, 5.41) is 9.82. The van der Waals surface area contributed by atoms with Crippen molar-refractivity contribution in [2.45, 2.75) is 18.4 Å². The number of hydrogen-bond acceptors (Lipinski definition) is 2. The van der Waals surface area contributed by atoms with E-state index >= 15 is 0 Å². The number of benzene rings is 1. The number of hydrogen-bond donors (Lipinski definition) is 2. The molecule has 0 atom stereocenters. The van der Waals surface area contributed by atoms with E-state index in [1.165, 1.54) is 0 Å². The van der Waals surface area contributed by atoms with Gasteiger partial charge in [-0.3, -0.25) is 4.79 Å². The number of primary amides is 1. The summed E-state index contributed by atoms with van der Waals surface area (Å²) < 4.78 is 0. The molecule has 1 aliphatic carbocycles. The summed E-state index contributed by atoms with van der Waals surface area (Å²) >= 11 is 0. The van der Waals surface area contributed by atoms with Gasteiger partial charge in [0.05, 0.1) is 0 Å². The van der Waals surface area contributed by atoms with Crippen LogP contribution in [0.3, 0.4) is 0 Å². The van der Waals surface area contributed by atoms with Crippen molar-refractivity contribution in [3.63, 3.8) is 0 Å². The summed E-state index contributed by atoms with van der Waals surface area (Å²) in [7, 11) is 0. The van der Waals surface area contributed by atoms with Crippen molar-refractivity contribution in [1.29, 1.82) is 0 Å². The summed E-state index contributed by atoms with van der Waals surface area (Å²) in [5.74, 6) is -0.635. The monoisotopic (exact) mass is 177 g/mol. The molecule has 1 aromatic rings. The Kier molecular flexibility index (Phi) is 1.63. The predicted molar refractivity (Wildman–Crippen MR) is 48.0 cm³/mol. The second-order valence-corrected chi connectivity index (χ2v) is 3.52. The molecular formula is C10H11NO2. The Morgan fingerprint density at radius 2 is 1.77 bits per heavy atom. The van der Waals surface area contributed by atoms with Crippen molar-refractivity contribution in [3.8, 4) is 0 Å². The van der Waals surface area contributed by atoms with Gasteiger partial charge in [0.1, 0.15) is 0 Å². The first-order chi connectivity index (χ1) is 6.12. The van der Waals surface area contributed by atoms with E-state index in [-0.39, 0.29) is 0 Å². The van der Waals surface area contributed by atoms with Crippen molar-refractivity contribution in [2.24, 2.45) is 5.73 Å². The van der Waals surface area contributed by atoms with Crippen LogP contribution in [0.15, 0.2) is 24.3 Å². The van der Waals surface area contributed by atoms with Gasteiger partial charge in [-0.2, -0.15) is 0 Å². The van der Waals surface area contributed by atoms with E-state index in [2.05, 4.69) is 0 Å². The van der Waals surface area contributed by atoms with Crippen LogP contribution in [0.2, 0.25) is 0 Å². The van der Waals surface area contributed by atoms with Gasteiger partial charge < -0.3 is 10.8 Å². The fourth-order valence-electron chi connectivity index (χ4n) is 1.77. The van der Waals surface area contributed by atoms with Crippen molar-refractivity contribution >= 4 is 5.91 Å². The average Bonchev–Trinajstić information content (AvgIpc) is 2.42. The molecule has 68 valence electrons. The van der Waals surface area contributed by atoms with Gasteiger partial charge in [0.15, 0.2) is 5.60 Å². The van der Waals surface area contributed by atoms with Gasteiger partial charge in [0, 0.05) is 12.8 Å². The third-order valence-electron chi connectivity index (χ3n) is 2.54. The van der Waals surface area contributed by atoms with E-state index in [0.717, 1.165) is 11.1 Å². The zero-order valence-corrected chi connectivity index (χ0v) is 7.16. The normalized spacial score (nSPS) is 18.2. The summed E-state index contributed by atoms with van der Waals surface area (Å²) in [6, 6.07) is 7.61. The molecule has 0 spiro atoms. The highest BCUT2D eigenvalue weighted by Crippen LogP contribution is 2.29. The quantitative estimate of drug-likeness (QED) is 0.634. The van der Waals surface area contributed by atoms with Crippen LogP contribution in [-0.4, -0.2) is 16.6 Å². The van der Waals surface area contributed by atoms with E-state index < -0.39 is 11.5 Å². The molecule has 0 aromatic heterocycles. The first-order valence-electron chi connectivity index (χ1n) is 4.21. The highest BCUT2D eigenvalue weighted by atomic mass is 16.3. The minimum Gasteiger partial charge on any atom is -0.379 e. The van der Waals surface area contributed by atoms with Gasteiger partial charge in [-0.05, 0) is 11.1 Å². The number of carbonyl (C=O) groups is 1. The summed E-state index contributed by atoms with van der Waals surface area (Å²) in [4.78, 5) is 11.0. The number of rotatable bonds is 1. The molecule has 0 saturated heterocycles. The van der Waals surface area contributed by atoms with E-state index in [1.54, 1.807) is 0 Å². The highest BCUT2D eigenvalue weighted by Gasteiger charge is 2.40. The maximum absolute atomic E-state index is 11.0. The Labute approximate surface area is 76.2 Å². The number of fused-ring (bicyclic) bond motifs is 1. The summed E-state index contributed by atoms with van der Waals surface area (Å²) in [5.41, 5.74) is 5.80. The van der Waals surface area contributed by atoms with E-state index in [0.29, 0.717) is 12.8 Å². The number of nitrogens with two attached hydrogens (primary N) is 1. The Bertz CT molecular complexity index is 335. The molecule has 0 unspecified atom stereocenters. The number of amides is 1. The predicted octanol–water partition coefficient (Wildman–Crippen LogP) is 0.00160. The lowest BCUT2D eigenvalue weighted by Gasteiger charge is -2.16. The lowest BCUT2D eigenvalue weighted by atomic mass is 10.0. The van der Waals surface area contributed by atoms with E-state index in [9.17, 15) is 9.90 Å². The summed E-state index contributed by atoms with van der Waals surface area (Å²) in [6.07, 6.45) is 0.691. The molecule has 0 heterocycles. The third kappa shape index (κ3) is 1.21. The zero-order chi connectivity index (χ0) is 9.47. The Balaban J connectivity index is 2.37. The summed E-state index contributed by atoms with van der Waals surface area (Å²) in [6.45, 7) is 0. The smallest absolute Gasteiger partial charge is 0.250 e. The molecule has 0 fully saturated rings. The van der Waals surface area contributed by atoms with Crippen molar-refractivity contribution in [2.75, 3.05) is 0 Å². The van der Waals surface area contributed by atoms with Crippen LogP contribution >= 0.6 is 0 Å². The Morgan fingerprint density at radius 1 is 1.31 bits per heavy atom. The van der Waals surface area contributed by atoms with Crippen molar-refractivity contribution < 1.29 is 9.90 Å². The van der Waals surface area contributed by atoms with Gasteiger partial charge in [-0.1, -0.05) is 24.3 Å². The first kappa shape index (κ1) is 8.26. The van der Waals surface area contributed by atoms with Crippen LogP contribution in [0.25, 0.3) is 0 Å². The molecule has 3 heteroatoms. The van der Waals surface area contributed by atoms with Gasteiger partial charge in [-0.25, -0.2) is 0 Å². The van der Waals surface area contributed by atoms with Crippen molar-refractivity contribution in [1.82, 2.24) is 0 Å². The molecule has 3 nitrogen and oxygen atoms in total. The molecule has 3 N–H and O–H groups in total. The van der Waals surface area contributed by atoms with E-state index in [1.807, 2.05) is 24.3 Å². The van der Waals surface area contributed by atoms with Gasteiger partial charge in [0.2, 0.25) is 5.91 Å². The highest BCUT2D eigenvalue weighted by molar-refractivity contribution is 5.85. The largest absolute Gasteiger partial charge is 0.379 e. The molecule has 0 bridgehead atoms. The van der Waals surface area contributed by atoms with Gasteiger partial charge >= 0.3 is 0 Å². The molecule has 13 heavy (non-hydrogen) atoms. The fraction of sp³-hybridized carbons (Fsp3) is 0.300. The third-order valence-corrected chi connectivity index (χ3v) is 2.54. The first-order valence-corrected chi connectivity index (χ1v) is 4.21. The van der Waals surface area contributed by atoms with Crippen LogP contribution in [0.1, 0.15) is 11.1 Å². The molecule has 1 amide bonds. The minimum absolute atomic E-state index is 0.346. The SMILES string of the molecule is NC(=O)C1(O)Cc2ccccc2C1. The Hall–Kier alpha value is -1.35. The topological polar surface area (TPSA) is 63.3 Å². The molecule has 1 aliphatic rings. The van der Waals surface area contributed by atoms with Gasteiger partial charge in [-0.15, -0.1) is 0 Å². The molecule has 1 aromatic carbocycles. The number of aliphatic hydroxyl groups is 1. The molecule has 0 saturated carbocycles. The minimum atomic E-state index is -1.36. The fourth-order valence-corrected chi connectivity index (χ4v) is 1.77. The number of carbonyl (C=O) groups excluding carboxylic acids is 1. The Morgan fingerprint density at radius 3 is 2.15 bits per heavy atom. The molecule has 0 aliphatic heterocycles. The van der Waals surface area contributed by atoms with Crippen LogP contribution in [0, 0.1) is 0 Å². The molecule has 2 rings (SSSR count). The van der Waals surface area contributed by atoms with Crippen LogP contribution < -0.4 is 5.73 Å². The average molecular weight is 177 g/mol. The lowest BCUT2D eigenvalue weighted by Crippen LogP contribution is -2.44. The molecule has 0 radical (unpaired) electrons. The van der Waals surface area contributed by atoms with Gasteiger partial charge in [0.25, 0.3) is 0 Å². The lowest BCUT2D eigenvalue weighted by molar-refractivity contribution is -0.135. The maximum atomic E-state index is 11.0. The molecular weight excluding hydrogens is 166 g/mol. The maximum Gasteiger partial charge on any atom is 0.250 e. The second-order valence-electron chi connectivity index (χ2n) is 3.52. The standard InChI is InChI=1S/C10H11NO2/c11-9(12)10(13)5-7-3-1-2-4-8(7)6-10/h1-4,13H,5-6H2,(H2,11,12). The van der Waals surface area contributed by atoms with Crippen LogP contribution in [0.4, 0.5) is 0 Å². The van der Waals surface area contributed by atoms with Crippen LogP contribution in [-0.2, 0) is 17.6 Å². The van der Waals surface area contributed by atoms with E-state index in [4.69, 9.17) is 5.73 Å². The zero-order valence-electron chi connectivity index (χ0n) is 7.16. The van der Waals surface area contributed by atoms with Crippen molar-refractivity contribution in [3.05, 3.63) is 35.4 Å². The van der Waals surface area contributed by atoms with Crippen LogP contribution in [0.5, 0.6) is 0 Å². The second kappa shape index (κ2) is 2.57.